The fraction of sp³-hybridized carbons (Fsp3) is 0.423. The minimum atomic E-state index is -0.158. The molecule has 2 heterocycles. The Morgan fingerprint density at radius 3 is 2.39 bits per heavy atom. The number of rotatable bonds is 8. The van der Waals surface area contributed by atoms with Gasteiger partial charge in [0.05, 0.1) is 20.8 Å². The monoisotopic (exact) mass is 452 g/mol. The van der Waals surface area contributed by atoms with E-state index in [0.717, 1.165) is 61.6 Å². The average molecular weight is 453 g/mol. The molecule has 4 rings (SSSR count). The van der Waals surface area contributed by atoms with Gasteiger partial charge in [0, 0.05) is 56.5 Å². The lowest BCUT2D eigenvalue weighted by Gasteiger charge is -2.27. The number of piperazine rings is 1. The number of aryl methyl sites for hydroxylation is 2. The SMILES string of the molecule is COc1cc(OC)c2c(=O)cc(-c3cc(C)c(OCCCN4CCNCC4)c(C)c3)oc2c1. The van der Waals surface area contributed by atoms with Crippen LogP contribution < -0.4 is 25.0 Å². The highest BCUT2D eigenvalue weighted by atomic mass is 16.5. The number of hydrogen-bond acceptors (Lipinski definition) is 7. The van der Waals surface area contributed by atoms with Gasteiger partial charge in [0.15, 0.2) is 5.43 Å². The van der Waals surface area contributed by atoms with Crippen LogP contribution in [0.5, 0.6) is 17.2 Å². The molecule has 1 N–H and O–H groups in total. The number of benzene rings is 2. The first-order chi connectivity index (χ1) is 16.0. The first-order valence-electron chi connectivity index (χ1n) is 11.4. The Hall–Kier alpha value is -3.03. The van der Waals surface area contributed by atoms with E-state index in [-0.39, 0.29) is 5.43 Å². The van der Waals surface area contributed by atoms with E-state index in [1.807, 2.05) is 26.0 Å². The van der Waals surface area contributed by atoms with Gasteiger partial charge in [-0.1, -0.05) is 0 Å². The third-order valence-corrected chi connectivity index (χ3v) is 6.04. The normalized spacial score (nSPS) is 14.4. The molecule has 0 unspecified atom stereocenters. The Bertz CT molecular complexity index is 1160. The summed E-state index contributed by atoms with van der Waals surface area (Å²) in [7, 11) is 3.09. The Kier molecular flexibility index (Phi) is 7.20. The molecular formula is C26H32N2O5. The Balaban J connectivity index is 1.55. The van der Waals surface area contributed by atoms with Gasteiger partial charge in [0.25, 0.3) is 0 Å². The van der Waals surface area contributed by atoms with E-state index < -0.39 is 0 Å². The van der Waals surface area contributed by atoms with Crippen LogP contribution in [0.2, 0.25) is 0 Å². The largest absolute Gasteiger partial charge is 0.496 e. The van der Waals surface area contributed by atoms with E-state index in [1.54, 1.807) is 19.2 Å². The molecule has 1 saturated heterocycles. The molecule has 0 bridgehead atoms. The van der Waals surface area contributed by atoms with Crippen molar-refractivity contribution in [2.24, 2.45) is 0 Å². The molecule has 0 saturated carbocycles. The molecule has 7 heteroatoms. The van der Waals surface area contributed by atoms with E-state index in [9.17, 15) is 4.79 Å². The summed E-state index contributed by atoms with van der Waals surface area (Å²) in [6, 6.07) is 8.90. The van der Waals surface area contributed by atoms with Crippen LogP contribution in [0.15, 0.2) is 39.5 Å². The first kappa shape index (κ1) is 23.1. The standard InChI is InChI=1S/C26H32N2O5/c1-17-12-19(13-18(2)26(17)32-11-5-8-28-9-6-27-7-10-28)22-16-21(29)25-23(31-4)14-20(30-3)15-24(25)33-22/h12-16,27H,5-11H2,1-4H3. The van der Waals surface area contributed by atoms with Crippen molar-refractivity contribution in [2.75, 3.05) is 53.6 Å². The summed E-state index contributed by atoms with van der Waals surface area (Å²) in [5, 5.41) is 3.78. The zero-order valence-electron chi connectivity index (χ0n) is 19.8. The number of nitrogens with zero attached hydrogens (tertiary/aromatic N) is 1. The lowest BCUT2D eigenvalue weighted by Crippen LogP contribution is -2.43. The lowest BCUT2D eigenvalue weighted by atomic mass is 10.0. The molecule has 0 radical (unpaired) electrons. The molecule has 33 heavy (non-hydrogen) atoms. The topological polar surface area (TPSA) is 73.2 Å². The molecule has 0 atom stereocenters. The van der Waals surface area contributed by atoms with Gasteiger partial charge in [0.2, 0.25) is 0 Å². The van der Waals surface area contributed by atoms with Crippen molar-refractivity contribution < 1.29 is 18.6 Å². The number of nitrogens with one attached hydrogen (secondary N) is 1. The first-order valence-corrected chi connectivity index (χ1v) is 11.4. The third-order valence-electron chi connectivity index (χ3n) is 6.04. The van der Waals surface area contributed by atoms with Crippen molar-refractivity contribution in [3.8, 4) is 28.6 Å². The van der Waals surface area contributed by atoms with Crippen molar-refractivity contribution in [2.45, 2.75) is 20.3 Å². The van der Waals surface area contributed by atoms with Gasteiger partial charge in [0.1, 0.15) is 34.0 Å². The second-order valence-electron chi connectivity index (χ2n) is 8.41. The molecule has 3 aromatic rings. The summed E-state index contributed by atoms with van der Waals surface area (Å²) in [4.78, 5) is 15.3. The summed E-state index contributed by atoms with van der Waals surface area (Å²) >= 11 is 0. The van der Waals surface area contributed by atoms with Gasteiger partial charge >= 0.3 is 0 Å². The maximum Gasteiger partial charge on any atom is 0.197 e. The Labute approximate surface area is 194 Å². The smallest absolute Gasteiger partial charge is 0.197 e. The van der Waals surface area contributed by atoms with Gasteiger partial charge in [-0.05, 0) is 43.5 Å². The fourth-order valence-electron chi connectivity index (χ4n) is 4.37. The summed E-state index contributed by atoms with van der Waals surface area (Å²) in [5.74, 6) is 2.39. The summed E-state index contributed by atoms with van der Waals surface area (Å²) in [5.41, 5.74) is 3.13. The van der Waals surface area contributed by atoms with Crippen molar-refractivity contribution in [3.63, 3.8) is 0 Å². The van der Waals surface area contributed by atoms with Crippen molar-refractivity contribution in [1.29, 1.82) is 0 Å². The molecule has 176 valence electrons. The quantitative estimate of drug-likeness (QED) is 0.522. The molecule has 7 nitrogen and oxygen atoms in total. The van der Waals surface area contributed by atoms with E-state index in [1.165, 1.54) is 13.2 Å². The second kappa shape index (κ2) is 10.3. The number of hydrogen-bond donors (Lipinski definition) is 1. The van der Waals surface area contributed by atoms with Gasteiger partial charge in [-0.2, -0.15) is 0 Å². The Morgan fingerprint density at radius 1 is 1.00 bits per heavy atom. The third kappa shape index (κ3) is 5.15. The van der Waals surface area contributed by atoms with Crippen LogP contribution in [0.25, 0.3) is 22.3 Å². The molecule has 0 amide bonds. The van der Waals surface area contributed by atoms with Gasteiger partial charge in [-0.3, -0.25) is 4.79 Å². The highest BCUT2D eigenvalue weighted by Gasteiger charge is 2.16. The molecular weight excluding hydrogens is 420 g/mol. The molecule has 1 fully saturated rings. The van der Waals surface area contributed by atoms with Crippen LogP contribution in [-0.4, -0.2) is 58.5 Å². The predicted octanol–water partition coefficient (Wildman–Crippen LogP) is 3.77. The van der Waals surface area contributed by atoms with E-state index in [4.69, 9.17) is 18.6 Å². The summed E-state index contributed by atoms with van der Waals surface area (Å²) in [6.45, 7) is 10.1. The van der Waals surface area contributed by atoms with Crippen LogP contribution in [0.3, 0.4) is 0 Å². The second-order valence-corrected chi connectivity index (χ2v) is 8.41. The van der Waals surface area contributed by atoms with Crippen LogP contribution in [0.4, 0.5) is 0 Å². The van der Waals surface area contributed by atoms with Crippen LogP contribution in [0, 0.1) is 13.8 Å². The average Bonchev–Trinajstić information content (AvgIpc) is 2.82. The van der Waals surface area contributed by atoms with Crippen molar-refractivity contribution in [1.82, 2.24) is 10.2 Å². The minimum Gasteiger partial charge on any atom is -0.496 e. The van der Waals surface area contributed by atoms with Crippen LogP contribution in [0.1, 0.15) is 17.5 Å². The number of methoxy groups -OCH3 is 2. The molecule has 2 aromatic carbocycles. The fourth-order valence-corrected chi connectivity index (χ4v) is 4.37. The lowest BCUT2D eigenvalue weighted by molar-refractivity contribution is 0.213. The van der Waals surface area contributed by atoms with Gasteiger partial charge in [-0.15, -0.1) is 0 Å². The Morgan fingerprint density at radius 2 is 1.73 bits per heavy atom. The molecule has 1 aliphatic heterocycles. The van der Waals surface area contributed by atoms with E-state index in [2.05, 4.69) is 10.2 Å². The highest BCUT2D eigenvalue weighted by molar-refractivity contribution is 5.86. The van der Waals surface area contributed by atoms with Gasteiger partial charge in [-0.25, -0.2) is 0 Å². The van der Waals surface area contributed by atoms with Gasteiger partial charge < -0.3 is 28.8 Å². The van der Waals surface area contributed by atoms with Crippen LogP contribution >= 0.6 is 0 Å². The van der Waals surface area contributed by atoms with Crippen molar-refractivity contribution in [3.05, 3.63) is 51.7 Å². The molecule has 0 aliphatic carbocycles. The van der Waals surface area contributed by atoms with Crippen LogP contribution in [-0.2, 0) is 0 Å². The minimum absolute atomic E-state index is 0.158. The van der Waals surface area contributed by atoms with E-state index in [0.29, 0.717) is 34.8 Å². The van der Waals surface area contributed by atoms with E-state index >= 15 is 0 Å². The molecule has 1 aromatic heterocycles. The number of fused-ring (bicyclic) bond motifs is 1. The highest BCUT2D eigenvalue weighted by Crippen LogP contribution is 2.34. The predicted molar refractivity (Wildman–Crippen MR) is 130 cm³/mol. The zero-order valence-corrected chi connectivity index (χ0v) is 19.8. The summed E-state index contributed by atoms with van der Waals surface area (Å²) in [6.07, 6.45) is 0.990. The maximum absolute atomic E-state index is 12.9. The summed E-state index contributed by atoms with van der Waals surface area (Å²) < 4.78 is 23.0. The number of ether oxygens (including phenoxy) is 3. The van der Waals surface area contributed by atoms with Crippen molar-refractivity contribution >= 4 is 11.0 Å². The maximum atomic E-state index is 12.9. The molecule has 1 aliphatic rings. The molecule has 0 spiro atoms. The zero-order chi connectivity index (χ0) is 23.4.